The molecule has 0 radical (unpaired) electrons. The molecule has 0 spiro atoms. The van der Waals surface area contributed by atoms with Crippen LogP contribution in [0.15, 0.2) is 36.4 Å². The molecule has 4 heteroatoms. The summed E-state index contributed by atoms with van der Waals surface area (Å²) in [5.41, 5.74) is 8.52. The van der Waals surface area contributed by atoms with E-state index in [0.717, 1.165) is 5.69 Å². The molecule has 0 aliphatic heterocycles. The molecule has 0 saturated heterocycles. The smallest absolute Gasteiger partial charge is 0.153 e. The van der Waals surface area contributed by atoms with E-state index in [-0.39, 0.29) is 0 Å². The van der Waals surface area contributed by atoms with Gasteiger partial charge in [-0.2, -0.15) is 5.26 Å². The second-order valence-corrected chi connectivity index (χ2v) is 3.67. The number of para-hydroxylation sites is 1. The minimum absolute atomic E-state index is 0.559. The van der Waals surface area contributed by atoms with Gasteiger partial charge in [-0.25, -0.2) is 4.98 Å². The van der Waals surface area contributed by atoms with Crippen LogP contribution in [0.5, 0.6) is 0 Å². The second kappa shape index (κ2) is 4.54. The predicted molar refractivity (Wildman–Crippen MR) is 67.8 cm³/mol. The van der Waals surface area contributed by atoms with Crippen LogP contribution >= 0.6 is 0 Å². The number of hydrogen-bond acceptors (Lipinski definition) is 4. The van der Waals surface area contributed by atoms with Crippen molar-refractivity contribution in [2.75, 3.05) is 11.1 Å². The van der Waals surface area contributed by atoms with Crippen LogP contribution in [0, 0.1) is 18.3 Å². The highest BCUT2D eigenvalue weighted by molar-refractivity contribution is 5.72. The van der Waals surface area contributed by atoms with Gasteiger partial charge in [0.05, 0.1) is 16.9 Å². The fraction of sp³-hybridized carbons (Fsp3) is 0.0769. The highest BCUT2D eigenvalue weighted by atomic mass is 15.0. The van der Waals surface area contributed by atoms with Gasteiger partial charge in [0.1, 0.15) is 6.07 Å². The molecule has 0 aliphatic carbocycles. The van der Waals surface area contributed by atoms with Crippen molar-refractivity contribution in [1.82, 2.24) is 4.98 Å². The molecule has 2 aromatic rings. The molecule has 0 fully saturated rings. The Kier molecular flexibility index (Phi) is 2.93. The molecule has 17 heavy (non-hydrogen) atoms. The first-order chi connectivity index (χ1) is 8.20. The van der Waals surface area contributed by atoms with Gasteiger partial charge in [0.25, 0.3) is 0 Å². The van der Waals surface area contributed by atoms with Crippen LogP contribution in [0.25, 0.3) is 0 Å². The van der Waals surface area contributed by atoms with Gasteiger partial charge < -0.3 is 11.1 Å². The Balaban J connectivity index is 2.38. The summed E-state index contributed by atoms with van der Waals surface area (Å²) in [7, 11) is 0. The molecule has 0 saturated carbocycles. The Labute approximate surface area is 99.7 Å². The summed E-state index contributed by atoms with van der Waals surface area (Å²) < 4.78 is 0. The quantitative estimate of drug-likeness (QED) is 0.822. The zero-order chi connectivity index (χ0) is 12.3. The Morgan fingerprint density at radius 1 is 1.24 bits per heavy atom. The number of benzene rings is 1. The van der Waals surface area contributed by atoms with Crippen LogP contribution in [0.1, 0.15) is 11.3 Å². The highest BCUT2D eigenvalue weighted by Gasteiger charge is 2.05. The first-order valence-corrected chi connectivity index (χ1v) is 5.20. The van der Waals surface area contributed by atoms with E-state index in [1.165, 1.54) is 0 Å². The van der Waals surface area contributed by atoms with E-state index in [1.54, 1.807) is 12.1 Å². The molecule has 0 atom stereocenters. The Morgan fingerprint density at radius 3 is 2.76 bits per heavy atom. The first-order valence-electron chi connectivity index (χ1n) is 5.20. The van der Waals surface area contributed by atoms with Crippen molar-refractivity contribution in [2.24, 2.45) is 0 Å². The second-order valence-electron chi connectivity index (χ2n) is 3.67. The third kappa shape index (κ3) is 2.34. The zero-order valence-corrected chi connectivity index (χ0v) is 9.44. The van der Waals surface area contributed by atoms with Crippen molar-refractivity contribution < 1.29 is 0 Å². The summed E-state index contributed by atoms with van der Waals surface area (Å²) in [5.74, 6) is 0.577. The lowest BCUT2D eigenvalue weighted by molar-refractivity contribution is 1.20. The maximum Gasteiger partial charge on any atom is 0.153 e. The highest BCUT2D eigenvalue weighted by Crippen LogP contribution is 2.23. The summed E-state index contributed by atoms with van der Waals surface area (Å²) in [6.07, 6.45) is 0. The molecule has 1 aromatic carbocycles. The number of rotatable bonds is 2. The van der Waals surface area contributed by atoms with Crippen molar-refractivity contribution >= 4 is 17.2 Å². The normalized spacial score (nSPS) is 9.65. The number of nitrogens with zero attached hydrogens (tertiary/aromatic N) is 2. The summed E-state index contributed by atoms with van der Waals surface area (Å²) in [5, 5.41) is 12.1. The summed E-state index contributed by atoms with van der Waals surface area (Å²) >= 11 is 0. The number of nitriles is 1. The van der Waals surface area contributed by atoms with Crippen LogP contribution in [0.3, 0.4) is 0 Å². The van der Waals surface area contributed by atoms with Gasteiger partial charge in [-0.15, -0.1) is 0 Å². The van der Waals surface area contributed by atoms with Crippen LogP contribution < -0.4 is 11.1 Å². The standard InChI is InChI=1S/C13H12N4/c1-9-6-7-11(15)13(16-9)17-12-5-3-2-4-10(12)8-14/h2-7H,15H2,1H3,(H,16,17). The number of aromatic nitrogens is 1. The van der Waals surface area contributed by atoms with E-state index in [4.69, 9.17) is 11.0 Å². The van der Waals surface area contributed by atoms with E-state index in [2.05, 4.69) is 16.4 Å². The van der Waals surface area contributed by atoms with Gasteiger partial charge in [-0.1, -0.05) is 12.1 Å². The molecular formula is C13H12N4. The molecule has 2 rings (SSSR count). The SMILES string of the molecule is Cc1ccc(N)c(Nc2ccccc2C#N)n1. The molecule has 4 nitrogen and oxygen atoms in total. The molecule has 84 valence electrons. The van der Waals surface area contributed by atoms with Crippen LogP contribution in [-0.4, -0.2) is 4.98 Å². The van der Waals surface area contributed by atoms with E-state index in [9.17, 15) is 0 Å². The van der Waals surface area contributed by atoms with Crippen molar-refractivity contribution in [2.45, 2.75) is 6.92 Å². The molecule has 0 aliphatic rings. The Hall–Kier alpha value is -2.54. The van der Waals surface area contributed by atoms with Gasteiger partial charge in [0.15, 0.2) is 5.82 Å². The molecule has 0 unspecified atom stereocenters. The van der Waals surface area contributed by atoms with E-state index in [1.807, 2.05) is 31.2 Å². The van der Waals surface area contributed by atoms with E-state index in [0.29, 0.717) is 22.8 Å². The van der Waals surface area contributed by atoms with Crippen LogP contribution in [0.2, 0.25) is 0 Å². The summed E-state index contributed by atoms with van der Waals surface area (Å²) in [6, 6.07) is 13.0. The lowest BCUT2D eigenvalue weighted by atomic mass is 10.2. The minimum atomic E-state index is 0.559. The lowest BCUT2D eigenvalue weighted by Crippen LogP contribution is -2.01. The van der Waals surface area contributed by atoms with Gasteiger partial charge in [0, 0.05) is 5.69 Å². The number of hydrogen-bond donors (Lipinski definition) is 2. The average molecular weight is 224 g/mol. The van der Waals surface area contributed by atoms with Gasteiger partial charge in [0.2, 0.25) is 0 Å². The third-order valence-corrected chi connectivity index (χ3v) is 2.37. The largest absolute Gasteiger partial charge is 0.396 e. The first kappa shape index (κ1) is 11.0. The molecule has 3 N–H and O–H groups in total. The van der Waals surface area contributed by atoms with Gasteiger partial charge in [-0.05, 0) is 31.2 Å². The van der Waals surface area contributed by atoms with Crippen molar-refractivity contribution in [3.63, 3.8) is 0 Å². The topological polar surface area (TPSA) is 74.7 Å². The van der Waals surface area contributed by atoms with Gasteiger partial charge >= 0.3 is 0 Å². The fourth-order valence-electron chi connectivity index (χ4n) is 1.48. The third-order valence-electron chi connectivity index (χ3n) is 2.37. The fourth-order valence-corrected chi connectivity index (χ4v) is 1.48. The number of nitrogen functional groups attached to an aromatic ring is 1. The van der Waals surface area contributed by atoms with Gasteiger partial charge in [-0.3, -0.25) is 0 Å². The lowest BCUT2D eigenvalue weighted by Gasteiger charge is -2.10. The number of anilines is 3. The predicted octanol–water partition coefficient (Wildman–Crippen LogP) is 2.59. The zero-order valence-electron chi connectivity index (χ0n) is 9.44. The number of nitrogens with two attached hydrogens (primary N) is 1. The number of aryl methyl sites for hydroxylation is 1. The Morgan fingerprint density at radius 2 is 2.00 bits per heavy atom. The molecule has 1 heterocycles. The van der Waals surface area contributed by atoms with Crippen LogP contribution in [0.4, 0.5) is 17.2 Å². The molecule has 1 aromatic heterocycles. The minimum Gasteiger partial charge on any atom is -0.396 e. The number of nitrogens with one attached hydrogen (secondary N) is 1. The number of pyridine rings is 1. The van der Waals surface area contributed by atoms with E-state index < -0.39 is 0 Å². The molecular weight excluding hydrogens is 212 g/mol. The summed E-state index contributed by atoms with van der Waals surface area (Å²) in [4.78, 5) is 4.30. The average Bonchev–Trinajstić information content (AvgIpc) is 2.34. The summed E-state index contributed by atoms with van der Waals surface area (Å²) in [6.45, 7) is 1.89. The molecule has 0 amide bonds. The van der Waals surface area contributed by atoms with Crippen molar-refractivity contribution in [3.05, 3.63) is 47.7 Å². The van der Waals surface area contributed by atoms with Crippen molar-refractivity contribution in [1.29, 1.82) is 5.26 Å². The van der Waals surface area contributed by atoms with E-state index >= 15 is 0 Å². The van der Waals surface area contributed by atoms with Crippen molar-refractivity contribution in [3.8, 4) is 6.07 Å². The maximum absolute atomic E-state index is 8.98. The monoisotopic (exact) mass is 224 g/mol. The maximum atomic E-state index is 8.98. The Bertz CT molecular complexity index is 584. The van der Waals surface area contributed by atoms with Crippen LogP contribution in [-0.2, 0) is 0 Å². The molecule has 0 bridgehead atoms.